The van der Waals surface area contributed by atoms with Crippen LogP contribution in [0.2, 0.25) is 0 Å². The van der Waals surface area contributed by atoms with E-state index in [0.717, 1.165) is 38.5 Å². The van der Waals surface area contributed by atoms with Gasteiger partial charge in [0.1, 0.15) is 12.2 Å². The maximum absolute atomic E-state index is 5.37. The van der Waals surface area contributed by atoms with Crippen molar-refractivity contribution in [3.63, 3.8) is 0 Å². The zero-order valence-electron chi connectivity index (χ0n) is 10.0. The number of hydrogen-bond donors (Lipinski definition) is 1. The molecule has 2 rings (SSSR count). The van der Waals surface area contributed by atoms with Gasteiger partial charge in [0.05, 0.1) is 19.2 Å². The molecule has 0 aliphatic carbocycles. The highest BCUT2D eigenvalue weighted by Gasteiger charge is 2.20. The summed E-state index contributed by atoms with van der Waals surface area (Å²) in [5.41, 5.74) is 0. The highest BCUT2D eigenvalue weighted by atomic mass is 16.5. The molecule has 2 heterocycles. The fraction of sp³-hybridized carbons (Fsp3) is 0.818. The normalized spacial score (nSPS) is 20.8. The van der Waals surface area contributed by atoms with Crippen molar-refractivity contribution in [3.05, 3.63) is 12.2 Å². The summed E-state index contributed by atoms with van der Waals surface area (Å²) in [6, 6.07) is 0.373. The molecule has 1 aliphatic heterocycles. The van der Waals surface area contributed by atoms with Crippen LogP contribution in [0.3, 0.4) is 0 Å². The van der Waals surface area contributed by atoms with Crippen LogP contribution < -0.4 is 5.32 Å². The standard InChI is InChI=1S/C11H20N4O/c1-9(2)5-12-6-11-13-8-14-15(11)10-3-4-16-7-10/h8-10,12H,3-7H2,1-2H3. The van der Waals surface area contributed by atoms with Crippen molar-refractivity contribution in [2.24, 2.45) is 5.92 Å². The third-order valence-electron chi connectivity index (χ3n) is 2.73. The lowest BCUT2D eigenvalue weighted by atomic mass is 10.2. The van der Waals surface area contributed by atoms with Crippen molar-refractivity contribution in [3.8, 4) is 0 Å². The molecule has 0 amide bonds. The molecule has 0 aromatic carbocycles. The SMILES string of the molecule is CC(C)CNCc1ncnn1C1CCOC1. The summed E-state index contributed by atoms with van der Waals surface area (Å²) in [5.74, 6) is 1.67. The second-order valence-corrected chi connectivity index (χ2v) is 4.66. The fourth-order valence-corrected chi connectivity index (χ4v) is 1.89. The molecule has 16 heavy (non-hydrogen) atoms. The summed E-state index contributed by atoms with van der Waals surface area (Å²) in [7, 11) is 0. The number of nitrogens with zero attached hydrogens (tertiary/aromatic N) is 3. The van der Waals surface area contributed by atoms with Crippen LogP contribution in [0.15, 0.2) is 6.33 Å². The molecule has 5 nitrogen and oxygen atoms in total. The van der Waals surface area contributed by atoms with Crippen LogP contribution in [0.4, 0.5) is 0 Å². The second kappa shape index (κ2) is 5.41. The van der Waals surface area contributed by atoms with E-state index in [0.29, 0.717) is 12.0 Å². The van der Waals surface area contributed by atoms with Crippen molar-refractivity contribution in [2.45, 2.75) is 32.9 Å². The lowest BCUT2D eigenvalue weighted by Crippen LogP contribution is -2.23. The molecule has 1 atom stereocenters. The van der Waals surface area contributed by atoms with Crippen LogP contribution in [0, 0.1) is 5.92 Å². The number of aromatic nitrogens is 3. The van der Waals surface area contributed by atoms with Gasteiger partial charge in [-0.25, -0.2) is 9.67 Å². The number of ether oxygens (including phenoxy) is 1. The number of rotatable bonds is 5. The molecular formula is C11H20N4O. The van der Waals surface area contributed by atoms with Crippen LogP contribution >= 0.6 is 0 Å². The Hall–Kier alpha value is -0.940. The summed E-state index contributed by atoms with van der Waals surface area (Å²) < 4.78 is 7.37. The Labute approximate surface area is 96.2 Å². The molecule has 0 radical (unpaired) electrons. The highest BCUT2D eigenvalue weighted by molar-refractivity contribution is 4.88. The van der Waals surface area contributed by atoms with Gasteiger partial charge in [0, 0.05) is 6.61 Å². The molecule has 5 heteroatoms. The molecule has 1 aliphatic rings. The lowest BCUT2D eigenvalue weighted by molar-refractivity contribution is 0.183. The summed E-state index contributed by atoms with van der Waals surface area (Å²) in [4.78, 5) is 4.29. The topological polar surface area (TPSA) is 52.0 Å². The predicted octanol–water partition coefficient (Wildman–Crippen LogP) is 0.985. The van der Waals surface area contributed by atoms with Crippen LogP contribution in [0.25, 0.3) is 0 Å². The fourth-order valence-electron chi connectivity index (χ4n) is 1.89. The van der Waals surface area contributed by atoms with Gasteiger partial charge >= 0.3 is 0 Å². The summed E-state index contributed by atoms with van der Waals surface area (Å²) in [6.45, 7) is 7.79. The Morgan fingerprint density at radius 1 is 1.62 bits per heavy atom. The minimum absolute atomic E-state index is 0.373. The van der Waals surface area contributed by atoms with E-state index in [1.807, 2.05) is 4.68 Å². The minimum Gasteiger partial charge on any atom is -0.379 e. The smallest absolute Gasteiger partial charge is 0.141 e. The molecule has 90 valence electrons. The van der Waals surface area contributed by atoms with Crippen LogP contribution in [-0.4, -0.2) is 34.5 Å². The van der Waals surface area contributed by atoms with Crippen molar-refractivity contribution in [1.82, 2.24) is 20.1 Å². The van der Waals surface area contributed by atoms with Gasteiger partial charge in [0.25, 0.3) is 0 Å². The Balaban J connectivity index is 1.91. The number of hydrogen-bond acceptors (Lipinski definition) is 4. The predicted molar refractivity (Wildman–Crippen MR) is 61.0 cm³/mol. The van der Waals surface area contributed by atoms with E-state index in [-0.39, 0.29) is 0 Å². The van der Waals surface area contributed by atoms with Crippen molar-refractivity contribution >= 4 is 0 Å². The third-order valence-corrected chi connectivity index (χ3v) is 2.73. The summed E-state index contributed by atoms with van der Waals surface area (Å²) in [5, 5.41) is 7.67. The first-order valence-corrected chi connectivity index (χ1v) is 5.94. The van der Waals surface area contributed by atoms with E-state index < -0.39 is 0 Å². The molecule has 0 spiro atoms. The maximum atomic E-state index is 5.37. The van der Waals surface area contributed by atoms with Crippen LogP contribution in [-0.2, 0) is 11.3 Å². The molecule has 1 aromatic heterocycles. The quantitative estimate of drug-likeness (QED) is 0.810. The van der Waals surface area contributed by atoms with Gasteiger partial charge in [0.15, 0.2) is 0 Å². The van der Waals surface area contributed by atoms with Gasteiger partial charge in [-0.1, -0.05) is 13.8 Å². The minimum atomic E-state index is 0.373. The highest BCUT2D eigenvalue weighted by Crippen LogP contribution is 2.18. The van der Waals surface area contributed by atoms with Gasteiger partial charge in [-0.15, -0.1) is 0 Å². The molecule has 0 bridgehead atoms. The average molecular weight is 224 g/mol. The van der Waals surface area contributed by atoms with Crippen LogP contribution in [0.1, 0.15) is 32.1 Å². The van der Waals surface area contributed by atoms with Crippen LogP contribution in [0.5, 0.6) is 0 Å². The van der Waals surface area contributed by atoms with E-state index in [1.165, 1.54) is 0 Å². The van der Waals surface area contributed by atoms with Gasteiger partial charge in [-0.3, -0.25) is 0 Å². The molecule has 1 fully saturated rings. The molecule has 1 N–H and O–H groups in total. The average Bonchev–Trinajstić information content (AvgIpc) is 2.84. The van der Waals surface area contributed by atoms with Gasteiger partial charge < -0.3 is 10.1 Å². The lowest BCUT2D eigenvalue weighted by Gasteiger charge is -2.12. The summed E-state index contributed by atoms with van der Waals surface area (Å²) in [6.07, 6.45) is 2.67. The second-order valence-electron chi connectivity index (χ2n) is 4.66. The first kappa shape index (κ1) is 11.5. The Morgan fingerprint density at radius 2 is 2.50 bits per heavy atom. The molecule has 1 saturated heterocycles. The third kappa shape index (κ3) is 2.80. The zero-order chi connectivity index (χ0) is 11.4. The Morgan fingerprint density at radius 3 is 3.19 bits per heavy atom. The van der Waals surface area contributed by atoms with E-state index in [4.69, 9.17) is 4.74 Å². The van der Waals surface area contributed by atoms with Crippen molar-refractivity contribution in [1.29, 1.82) is 0 Å². The largest absolute Gasteiger partial charge is 0.379 e. The Bertz CT molecular complexity index is 318. The van der Waals surface area contributed by atoms with Gasteiger partial charge in [0.2, 0.25) is 0 Å². The molecular weight excluding hydrogens is 204 g/mol. The maximum Gasteiger partial charge on any atom is 0.141 e. The van der Waals surface area contributed by atoms with E-state index in [9.17, 15) is 0 Å². The molecule has 0 saturated carbocycles. The monoisotopic (exact) mass is 224 g/mol. The molecule has 1 unspecified atom stereocenters. The van der Waals surface area contributed by atoms with Gasteiger partial charge in [-0.2, -0.15) is 5.10 Å². The van der Waals surface area contributed by atoms with Crippen molar-refractivity contribution in [2.75, 3.05) is 19.8 Å². The molecule has 1 aromatic rings. The van der Waals surface area contributed by atoms with Gasteiger partial charge in [-0.05, 0) is 18.9 Å². The van der Waals surface area contributed by atoms with E-state index in [2.05, 4.69) is 29.2 Å². The number of nitrogens with one attached hydrogen (secondary N) is 1. The van der Waals surface area contributed by atoms with Crippen molar-refractivity contribution < 1.29 is 4.74 Å². The first-order valence-electron chi connectivity index (χ1n) is 5.94. The van der Waals surface area contributed by atoms with E-state index in [1.54, 1.807) is 6.33 Å². The Kier molecular flexibility index (Phi) is 3.90. The summed E-state index contributed by atoms with van der Waals surface area (Å²) >= 11 is 0. The zero-order valence-corrected chi connectivity index (χ0v) is 10.0. The first-order chi connectivity index (χ1) is 7.77. The van der Waals surface area contributed by atoms with E-state index >= 15 is 0 Å².